The molecule has 0 bridgehead atoms. The molecule has 1 aromatic carbocycles. The smallest absolute Gasteiger partial charge is 0.127 e. The Hall–Kier alpha value is -0.600. The van der Waals surface area contributed by atoms with Gasteiger partial charge in [-0.25, -0.2) is 4.39 Å². The van der Waals surface area contributed by atoms with Crippen molar-refractivity contribution in [3.8, 4) is 0 Å². The molecule has 0 spiro atoms. The minimum atomic E-state index is -0.166. The highest BCUT2D eigenvalue weighted by molar-refractivity contribution is 6.32. The number of nitrogens with one attached hydrogen (secondary N) is 1. The number of aryl methyl sites for hydroxylation is 1. The predicted octanol–water partition coefficient (Wildman–Crippen LogP) is 3.33. The Morgan fingerprint density at radius 3 is 3.00 bits per heavy atom. The fourth-order valence-corrected chi connectivity index (χ4v) is 2.52. The SMILES string of the molecule is Cc1ccc(F)c(CC2CCCNC2)c1Cl. The van der Waals surface area contributed by atoms with E-state index in [0.717, 1.165) is 31.5 Å². The fourth-order valence-electron chi connectivity index (χ4n) is 2.29. The molecule has 3 heteroatoms. The van der Waals surface area contributed by atoms with Crippen molar-refractivity contribution in [2.45, 2.75) is 26.2 Å². The van der Waals surface area contributed by atoms with E-state index >= 15 is 0 Å². The lowest BCUT2D eigenvalue weighted by Gasteiger charge is -2.23. The topological polar surface area (TPSA) is 12.0 Å². The van der Waals surface area contributed by atoms with Crippen LogP contribution in [-0.4, -0.2) is 13.1 Å². The highest BCUT2D eigenvalue weighted by atomic mass is 35.5. The zero-order chi connectivity index (χ0) is 11.5. The number of benzene rings is 1. The van der Waals surface area contributed by atoms with Gasteiger partial charge < -0.3 is 5.32 Å². The van der Waals surface area contributed by atoms with Gasteiger partial charge in [-0.1, -0.05) is 17.7 Å². The summed E-state index contributed by atoms with van der Waals surface area (Å²) in [5.41, 5.74) is 1.65. The summed E-state index contributed by atoms with van der Waals surface area (Å²) in [6.45, 7) is 3.98. The molecule has 1 heterocycles. The molecule has 0 radical (unpaired) electrons. The molecule has 16 heavy (non-hydrogen) atoms. The van der Waals surface area contributed by atoms with Crippen molar-refractivity contribution in [1.29, 1.82) is 0 Å². The number of halogens is 2. The first-order chi connectivity index (χ1) is 7.68. The lowest BCUT2D eigenvalue weighted by atomic mass is 9.91. The largest absolute Gasteiger partial charge is 0.316 e. The molecule has 2 rings (SSSR count). The number of hydrogen-bond donors (Lipinski definition) is 1. The van der Waals surface area contributed by atoms with Gasteiger partial charge in [0.25, 0.3) is 0 Å². The predicted molar refractivity (Wildman–Crippen MR) is 65.4 cm³/mol. The minimum absolute atomic E-state index is 0.166. The molecule has 1 N–H and O–H groups in total. The second-order valence-electron chi connectivity index (χ2n) is 4.57. The van der Waals surface area contributed by atoms with Gasteiger partial charge in [-0.3, -0.25) is 0 Å². The van der Waals surface area contributed by atoms with Crippen molar-refractivity contribution in [1.82, 2.24) is 5.32 Å². The van der Waals surface area contributed by atoms with Crippen LogP contribution in [0.4, 0.5) is 4.39 Å². The average molecular weight is 242 g/mol. The molecule has 1 fully saturated rings. The molecule has 1 aliphatic heterocycles. The van der Waals surface area contributed by atoms with E-state index in [0.29, 0.717) is 16.5 Å². The molecule has 0 aliphatic carbocycles. The first-order valence-corrected chi connectivity index (χ1v) is 6.20. The van der Waals surface area contributed by atoms with Crippen LogP contribution in [-0.2, 0) is 6.42 Å². The molecular weight excluding hydrogens is 225 g/mol. The average Bonchev–Trinajstić information content (AvgIpc) is 2.31. The van der Waals surface area contributed by atoms with Gasteiger partial charge in [-0.05, 0) is 56.8 Å². The number of hydrogen-bond acceptors (Lipinski definition) is 1. The summed E-state index contributed by atoms with van der Waals surface area (Å²) >= 11 is 6.16. The Morgan fingerprint density at radius 2 is 2.31 bits per heavy atom. The van der Waals surface area contributed by atoms with Crippen LogP contribution >= 0.6 is 11.6 Å². The maximum absolute atomic E-state index is 13.7. The molecule has 0 saturated carbocycles. The quantitative estimate of drug-likeness (QED) is 0.838. The van der Waals surface area contributed by atoms with Crippen molar-refractivity contribution in [3.63, 3.8) is 0 Å². The Morgan fingerprint density at radius 1 is 1.50 bits per heavy atom. The third-order valence-corrected chi connectivity index (χ3v) is 3.80. The molecule has 1 aromatic rings. The molecule has 1 aliphatic rings. The Labute approximate surface area is 101 Å². The lowest BCUT2D eigenvalue weighted by Crippen LogP contribution is -2.31. The van der Waals surface area contributed by atoms with Crippen LogP contribution in [0.2, 0.25) is 5.02 Å². The van der Waals surface area contributed by atoms with E-state index in [1.54, 1.807) is 6.07 Å². The summed E-state index contributed by atoms with van der Waals surface area (Å²) in [6, 6.07) is 3.26. The zero-order valence-corrected chi connectivity index (χ0v) is 10.3. The Kier molecular flexibility index (Phi) is 3.82. The van der Waals surface area contributed by atoms with E-state index in [-0.39, 0.29) is 5.82 Å². The van der Waals surface area contributed by atoms with E-state index in [9.17, 15) is 4.39 Å². The summed E-state index contributed by atoms with van der Waals surface area (Å²) in [5, 5.41) is 3.95. The first-order valence-electron chi connectivity index (χ1n) is 5.82. The van der Waals surface area contributed by atoms with E-state index in [4.69, 9.17) is 11.6 Å². The second-order valence-corrected chi connectivity index (χ2v) is 4.95. The van der Waals surface area contributed by atoms with Gasteiger partial charge in [0.1, 0.15) is 5.82 Å². The molecule has 1 unspecified atom stereocenters. The normalized spacial score (nSPS) is 21.1. The van der Waals surface area contributed by atoms with Crippen molar-refractivity contribution in [3.05, 3.63) is 34.1 Å². The van der Waals surface area contributed by atoms with Gasteiger partial charge in [0.05, 0.1) is 0 Å². The minimum Gasteiger partial charge on any atom is -0.316 e. The van der Waals surface area contributed by atoms with Gasteiger partial charge in [-0.15, -0.1) is 0 Å². The van der Waals surface area contributed by atoms with E-state index in [1.165, 1.54) is 12.5 Å². The van der Waals surface area contributed by atoms with Gasteiger partial charge in [0.2, 0.25) is 0 Å². The van der Waals surface area contributed by atoms with E-state index in [2.05, 4.69) is 5.32 Å². The van der Waals surface area contributed by atoms with Crippen LogP contribution in [0.15, 0.2) is 12.1 Å². The van der Waals surface area contributed by atoms with Crippen molar-refractivity contribution >= 4 is 11.6 Å². The standard InChI is InChI=1S/C13H17ClFN/c1-9-4-5-12(15)11(13(9)14)7-10-3-2-6-16-8-10/h4-5,10,16H,2-3,6-8H2,1H3. The third-order valence-electron chi connectivity index (χ3n) is 3.27. The molecule has 1 atom stereocenters. The van der Waals surface area contributed by atoms with E-state index < -0.39 is 0 Å². The van der Waals surface area contributed by atoms with Crippen LogP contribution in [0.1, 0.15) is 24.0 Å². The van der Waals surface area contributed by atoms with E-state index in [1.807, 2.05) is 6.92 Å². The lowest BCUT2D eigenvalue weighted by molar-refractivity contribution is 0.372. The van der Waals surface area contributed by atoms with Gasteiger partial charge in [-0.2, -0.15) is 0 Å². The fraction of sp³-hybridized carbons (Fsp3) is 0.538. The highest BCUT2D eigenvalue weighted by Crippen LogP contribution is 2.27. The van der Waals surface area contributed by atoms with Gasteiger partial charge in [0.15, 0.2) is 0 Å². The van der Waals surface area contributed by atoms with Gasteiger partial charge in [0, 0.05) is 10.6 Å². The Balaban J connectivity index is 2.16. The first kappa shape index (κ1) is 11.9. The van der Waals surface area contributed by atoms with Crippen molar-refractivity contribution < 1.29 is 4.39 Å². The number of piperidine rings is 1. The monoisotopic (exact) mass is 241 g/mol. The number of rotatable bonds is 2. The maximum Gasteiger partial charge on any atom is 0.127 e. The van der Waals surface area contributed by atoms with Crippen LogP contribution in [0.25, 0.3) is 0 Å². The molecule has 0 amide bonds. The molecule has 88 valence electrons. The summed E-state index contributed by atoms with van der Waals surface area (Å²) in [5.74, 6) is 0.351. The van der Waals surface area contributed by atoms with Gasteiger partial charge >= 0.3 is 0 Å². The summed E-state index contributed by atoms with van der Waals surface area (Å²) < 4.78 is 13.7. The maximum atomic E-state index is 13.7. The molecule has 0 aromatic heterocycles. The van der Waals surface area contributed by atoms with Crippen LogP contribution in [0.5, 0.6) is 0 Å². The van der Waals surface area contributed by atoms with Crippen LogP contribution < -0.4 is 5.32 Å². The zero-order valence-electron chi connectivity index (χ0n) is 9.52. The van der Waals surface area contributed by atoms with Crippen molar-refractivity contribution in [2.24, 2.45) is 5.92 Å². The second kappa shape index (κ2) is 5.15. The summed E-state index contributed by atoms with van der Waals surface area (Å²) in [7, 11) is 0. The third kappa shape index (κ3) is 2.55. The van der Waals surface area contributed by atoms with Crippen LogP contribution in [0.3, 0.4) is 0 Å². The molecule has 1 saturated heterocycles. The molecule has 1 nitrogen and oxygen atoms in total. The Bertz CT molecular complexity index is 372. The highest BCUT2D eigenvalue weighted by Gasteiger charge is 2.18. The van der Waals surface area contributed by atoms with Crippen molar-refractivity contribution in [2.75, 3.05) is 13.1 Å². The summed E-state index contributed by atoms with van der Waals surface area (Å²) in [4.78, 5) is 0. The van der Waals surface area contributed by atoms with Crippen LogP contribution in [0, 0.1) is 18.7 Å². The summed E-state index contributed by atoms with van der Waals surface area (Å²) in [6.07, 6.45) is 3.09. The molecular formula is C13H17ClFN.